The lowest BCUT2D eigenvalue weighted by Gasteiger charge is -2.32. The van der Waals surface area contributed by atoms with E-state index in [1.54, 1.807) is 9.80 Å². The summed E-state index contributed by atoms with van der Waals surface area (Å²) in [6.07, 6.45) is -0.347. The van der Waals surface area contributed by atoms with Crippen LogP contribution in [0, 0.1) is 0 Å². The first-order valence-corrected chi connectivity index (χ1v) is 4.40. The second-order valence-corrected chi connectivity index (χ2v) is 3.13. The van der Waals surface area contributed by atoms with Crippen LogP contribution in [-0.2, 0) is 9.53 Å². The van der Waals surface area contributed by atoms with Gasteiger partial charge in [-0.15, -0.1) is 12.4 Å². The van der Waals surface area contributed by atoms with Gasteiger partial charge in [0.25, 0.3) is 0 Å². The molecule has 1 saturated heterocycles. The number of methoxy groups -OCH3 is 1. The Hall–Kier alpha value is -1.01. The molecule has 88 valence electrons. The number of halogens is 1. The molecule has 1 fully saturated rings. The minimum absolute atomic E-state index is 0. The molecule has 1 heterocycles. The van der Waals surface area contributed by atoms with E-state index in [0.717, 1.165) is 0 Å². The van der Waals surface area contributed by atoms with E-state index >= 15 is 0 Å². The number of carboxylic acid groups (broad SMARTS) is 1. The number of aliphatic carboxylic acids is 1. The lowest BCUT2D eigenvalue weighted by Crippen LogP contribution is -2.49. The van der Waals surface area contributed by atoms with Crippen molar-refractivity contribution in [2.75, 3.05) is 39.8 Å². The third-order valence-corrected chi connectivity index (χ3v) is 2.16. The summed E-state index contributed by atoms with van der Waals surface area (Å²) >= 11 is 0. The topological polar surface area (TPSA) is 70.1 Å². The molecule has 15 heavy (non-hydrogen) atoms. The molecule has 0 aromatic carbocycles. The van der Waals surface area contributed by atoms with Crippen LogP contribution in [0.3, 0.4) is 0 Å². The van der Waals surface area contributed by atoms with Crippen LogP contribution < -0.4 is 0 Å². The molecule has 1 aliphatic rings. The zero-order chi connectivity index (χ0) is 10.6. The van der Waals surface area contributed by atoms with Crippen molar-refractivity contribution in [3.8, 4) is 0 Å². The molecule has 0 aromatic heterocycles. The fourth-order valence-corrected chi connectivity index (χ4v) is 1.41. The van der Waals surface area contributed by atoms with E-state index in [9.17, 15) is 9.59 Å². The zero-order valence-electron chi connectivity index (χ0n) is 8.51. The van der Waals surface area contributed by atoms with Gasteiger partial charge in [0.1, 0.15) is 0 Å². The Bertz CT molecular complexity index is 229. The number of rotatable bonds is 2. The van der Waals surface area contributed by atoms with Crippen LogP contribution in [-0.4, -0.2) is 66.8 Å². The standard InChI is InChI=1S/C8H14N2O4.ClH/c1-14-8(13)10-4-2-9(3-5-10)6-7(11)12;/h2-6H2,1H3,(H,11,12);1H. The van der Waals surface area contributed by atoms with Crippen LogP contribution in [0.4, 0.5) is 4.79 Å². The van der Waals surface area contributed by atoms with Crippen molar-refractivity contribution >= 4 is 24.5 Å². The molecule has 0 radical (unpaired) electrons. The maximum Gasteiger partial charge on any atom is 0.409 e. The molecule has 0 unspecified atom stereocenters. The van der Waals surface area contributed by atoms with E-state index < -0.39 is 5.97 Å². The van der Waals surface area contributed by atoms with Crippen LogP contribution in [0.25, 0.3) is 0 Å². The number of amides is 1. The molecule has 1 amide bonds. The van der Waals surface area contributed by atoms with Gasteiger partial charge in [0.2, 0.25) is 0 Å². The molecule has 0 aliphatic carbocycles. The number of carbonyl (C=O) groups is 2. The highest BCUT2D eigenvalue weighted by Gasteiger charge is 2.22. The van der Waals surface area contributed by atoms with Gasteiger partial charge in [0.05, 0.1) is 13.7 Å². The summed E-state index contributed by atoms with van der Waals surface area (Å²) in [5.74, 6) is -0.837. The lowest BCUT2D eigenvalue weighted by atomic mass is 10.3. The van der Waals surface area contributed by atoms with Gasteiger partial charge >= 0.3 is 12.1 Å². The molecule has 0 atom stereocenters. The van der Waals surface area contributed by atoms with E-state index in [1.807, 2.05) is 0 Å². The van der Waals surface area contributed by atoms with Gasteiger partial charge in [-0.25, -0.2) is 4.79 Å². The van der Waals surface area contributed by atoms with Crippen molar-refractivity contribution in [1.82, 2.24) is 9.80 Å². The SMILES string of the molecule is COC(=O)N1CCN(CC(=O)O)CC1.Cl. The smallest absolute Gasteiger partial charge is 0.409 e. The first-order valence-electron chi connectivity index (χ1n) is 4.40. The summed E-state index contributed by atoms with van der Waals surface area (Å²) in [7, 11) is 1.34. The summed E-state index contributed by atoms with van der Waals surface area (Å²) in [5.41, 5.74) is 0. The van der Waals surface area contributed by atoms with Crippen molar-refractivity contribution in [2.24, 2.45) is 0 Å². The van der Waals surface area contributed by atoms with E-state index in [-0.39, 0.29) is 25.0 Å². The van der Waals surface area contributed by atoms with Crippen LogP contribution >= 0.6 is 12.4 Å². The summed E-state index contributed by atoms with van der Waals surface area (Å²) in [6.45, 7) is 2.26. The highest BCUT2D eigenvalue weighted by atomic mass is 35.5. The second kappa shape index (κ2) is 6.47. The number of carboxylic acids is 1. The number of nitrogens with zero attached hydrogens (tertiary/aromatic N) is 2. The van der Waals surface area contributed by atoms with Gasteiger partial charge in [-0.1, -0.05) is 0 Å². The molecule has 0 saturated carbocycles. The van der Waals surface area contributed by atoms with Crippen molar-refractivity contribution in [2.45, 2.75) is 0 Å². The van der Waals surface area contributed by atoms with Gasteiger partial charge in [-0.05, 0) is 0 Å². The summed E-state index contributed by atoms with van der Waals surface area (Å²) < 4.78 is 4.56. The summed E-state index contributed by atoms with van der Waals surface area (Å²) in [5, 5.41) is 8.54. The third kappa shape index (κ3) is 4.35. The molecule has 1 N–H and O–H groups in total. The summed E-state index contributed by atoms with van der Waals surface area (Å²) in [6, 6.07) is 0. The maximum atomic E-state index is 11.1. The number of ether oxygens (including phenoxy) is 1. The predicted octanol–water partition coefficient (Wildman–Crippen LogP) is -0.123. The van der Waals surface area contributed by atoms with E-state index in [4.69, 9.17) is 5.11 Å². The average Bonchev–Trinajstić information content (AvgIpc) is 2.17. The largest absolute Gasteiger partial charge is 0.480 e. The van der Waals surface area contributed by atoms with Gasteiger partial charge in [0.15, 0.2) is 0 Å². The predicted molar refractivity (Wildman–Crippen MR) is 55.3 cm³/mol. The normalized spacial score (nSPS) is 16.7. The Morgan fingerprint density at radius 3 is 2.20 bits per heavy atom. The molecule has 6 nitrogen and oxygen atoms in total. The molecule has 0 bridgehead atoms. The molecule has 1 aliphatic heterocycles. The monoisotopic (exact) mass is 238 g/mol. The van der Waals surface area contributed by atoms with Crippen LogP contribution in [0.15, 0.2) is 0 Å². The summed E-state index contributed by atoms with van der Waals surface area (Å²) in [4.78, 5) is 24.8. The number of carbonyl (C=O) groups excluding carboxylic acids is 1. The van der Waals surface area contributed by atoms with Gasteiger partial charge in [0, 0.05) is 26.2 Å². The quantitative estimate of drug-likeness (QED) is 0.726. The second-order valence-electron chi connectivity index (χ2n) is 3.13. The Morgan fingerprint density at radius 2 is 1.80 bits per heavy atom. The minimum atomic E-state index is -0.837. The van der Waals surface area contributed by atoms with E-state index in [0.29, 0.717) is 26.2 Å². The fourth-order valence-electron chi connectivity index (χ4n) is 1.41. The number of hydrogen-bond acceptors (Lipinski definition) is 4. The van der Waals surface area contributed by atoms with Crippen LogP contribution in [0.5, 0.6) is 0 Å². The van der Waals surface area contributed by atoms with Gasteiger partial charge in [-0.2, -0.15) is 0 Å². The highest BCUT2D eigenvalue weighted by Crippen LogP contribution is 2.02. The van der Waals surface area contributed by atoms with Crippen molar-refractivity contribution in [3.63, 3.8) is 0 Å². The first kappa shape index (κ1) is 14.0. The Labute approximate surface area is 94.2 Å². The molecule has 1 rings (SSSR count). The number of piperazine rings is 1. The van der Waals surface area contributed by atoms with Crippen molar-refractivity contribution in [1.29, 1.82) is 0 Å². The van der Waals surface area contributed by atoms with E-state index in [1.165, 1.54) is 7.11 Å². The van der Waals surface area contributed by atoms with Gasteiger partial charge in [-0.3, -0.25) is 9.69 Å². The molecular weight excluding hydrogens is 224 g/mol. The third-order valence-electron chi connectivity index (χ3n) is 2.16. The van der Waals surface area contributed by atoms with Crippen molar-refractivity contribution < 1.29 is 19.4 Å². The molecule has 7 heteroatoms. The molecule has 0 spiro atoms. The Morgan fingerprint density at radius 1 is 1.27 bits per heavy atom. The van der Waals surface area contributed by atoms with Crippen molar-refractivity contribution in [3.05, 3.63) is 0 Å². The number of hydrogen-bond donors (Lipinski definition) is 1. The van der Waals surface area contributed by atoms with Gasteiger partial charge < -0.3 is 14.7 Å². The molecule has 0 aromatic rings. The Balaban J connectivity index is 0.00000196. The first-order chi connectivity index (χ1) is 6.63. The van der Waals surface area contributed by atoms with E-state index in [2.05, 4.69) is 4.74 Å². The zero-order valence-corrected chi connectivity index (χ0v) is 9.33. The Kier molecular flexibility index (Phi) is 6.03. The fraction of sp³-hybridized carbons (Fsp3) is 0.750. The minimum Gasteiger partial charge on any atom is -0.480 e. The molecular formula is C8H15ClN2O4. The maximum absolute atomic E-state index is 11.1. The lowest BCUT2D eigenvalue weighted by molar-refractivity contribution is -0.138. The van der Waals surface area contributed by atoms with Crippen LogP contribution in [0.1, 0.15) is 0 Å². The highest BCUT2D eigenvalue weighted by molar-refractivity contribution is 5.85. The van der Waals surface area contributed by atoms with Crippen LogP contribution in [0.2, 0.25) is 0 Å². The average molecular weight is 239 g/mol.